The molecule has 0 atom stereocenters. The number of rotatable bonds is 7. The zero-order chi connectivity index (χ0) is 21.8. The first-order chi connectivity index (χ1) is 15.8. The van der Waals surface area contributed by atoms with Crippen molar-refractivity contribution in [2.75, 3.05) is 13.1 Å². The highest BCUT2D eigenvalue weighted by Crippen LogP contribution is 2.28. The van der Waals surface area contributed by atoms with Crippen molar-refractivity contribution in [1.82, 2.24) is 24.6 Å². The summed E-state index contributed by atoms with van der Waals surface area (Å²) in [5.41, 5.74) is 2.02. The number of hydrogen-bond acceptors (Lipinski definition) is 6. The van der Waals surface area contributed by atoms with Gasteiger partial charge in [0.25, 0.3) is 0 Å². The van der Waals surface area contributed by atoms with Gasteiger partial charge in [0, 0.05) is 16.3 Å². The molecule has 5 rings (SSSR count). The summed E-state index contributed by atoms with van der Waals surface area (Å²) in [4.78, 5) is 6.90. The van der Waals surface area contributed by atoms with Gasteiger partial charge < -0.3 is 4.42 Å². The van der Waals surface area contributed by atoms with Crippen LogP contribution in [0.1, 0.15) is 31.0 Å². The van der Waals surface area contributed by atoms with Crippen molar-refractivity contribution in [2.45, 2.75) is 36.7 Å². The molecular formula is C24H24ClN5OS. The summed E-state index contributed by atoms with van der Waals surface area (Å²) in [7, 11) is 0. The Morgan fingerprint density at radius 3 is 2.50 bits per heavy atom. The minimum atomic E-state index is 0.572. The fourth-order valence-electron chi connectivity index (χ4n) is 3.90. The van der Waals surface area contributed by atoms with Gasteiger partial charge in [0.2, 0.25) is 5.89 Å². The minimum absolute atomic E-state index is 0.572. The van der Waals surface area contributed by atoms with Crippen LogP contribution in [0.3, 0.4) is 0 Å². The van der Waals surface area contributed by atoms with E-state index < -0.39 is 0 Å². The summed E-state index contributed by atoms with van der Waals surface area (Å²) in [6.07, 6.45) is 5.56. The molecule has 1 aliphatic rings. The summed E-state index contributed by atoms with van der Waals surface area (Å²) in [5.74, 6) is 2.94. The van der Waals surface area contributed by atoms with Gasteiger partial charge in [-0.3, -0.25) is 9.47 Å². The van der Waals surface area contributed by atoms with Crippen LogP contribution in [-0.4, -0.2) is 37.7 Å². The largest absolute Gasteiger partial charge is 0.440 e. The fraction of sp³-hybridized carbons (Fsp3) is 0.292. The highest BCUT2D eigenvalue weighted by atomic mass is 35.5. The molecule has 4 aromatic rings. The molecule has 1 aliphatic heterocycles. The molecular weight excluding hydrogens is 442 g/mol. The van der Waals surface area contributed by atoms with Gasteiger partial charge in [-0.25, -0.2) is 4.98 Å². The minimum Gasteiger partial charge on any atom is -0.440 e. The molecule has 32 heavy (non-hydrogen) atoms. The smallest absolute Gasteiger partial charge is 0.205 e. The van der Waals surface area contributed by atoms with E-state index in [0.717, 1.165) is 47.6 Å². The first-order valence-corrected chi connectivity index (χ1v) is 12.2. The van der Waals surface area contributed by atoms with E-state index in [1.54, 1.807) is 18.0 Å². The molecule has 0 bridgehead atoms. The van der Waals surface area contributed by atoms with Crippen molar-refractivity contribution in [3.05, 3.63) is 77.5 Å². The SMILES string of the molecule is Clc1ccc(-n2c(CN3CCCCC3)nnc2SCc2ncc(-c3ccccc3)o2)cc1. The summed E-state index contributed by atoms with van der Waals surface area (Å²) in [6.45, 7) is 3.00. The Morgan fingerprint density at radius 1 is 0.938 bits per heavy atom. The van der Waals surface area contributed by atoms with Crippen LogP contribution in [0.25, 0.3) is 17.0 Å². The number of likely N-dealkylation sites (tertiary alicyclic amines) is 1. The lowest BCUT2D eigenvalue weighted by atomic mass is 10.1. The lowest BCUT2D eigenvalue weighted by Gasteiger charge is -2.26. The summed E-state index contributed by atoms with van der Waals surface area (Å²) in [5, 5.41) is 10.6. The predicted octanol–water partition coefficient (Wildman–Crippen LogP) is 5.85. The molecule has 6 nitrogen and oxygen atoms in total. The van der Waals surface area contributed by atoms with Gasteiger partial charge in [-0.15, -0.1) is 10.2 Å². The molecule has 0 amide bonds. The Kier molecular flexibility index (Phi) is 6.57. The fourth-order valence-corrected chi connectivity index (χ4v) is 4.85. The number of piperidine rings is 1. The number of nitrogens with zero attached hydrogens (tertiary/aromatic N) is 5. The van der Waals surface area contributed by atoms with Crippen LogP contribution in [-0.2, 0) is 12.3 Å². The molecule has 0 N–H and O–H groups in total. The topological polar surface area (TPSA) is 60.0 Å². The Hall–Kier alpha value is -2.61. The normalized spacial score (nSPS) is 14.7. The second-order valence-electron chi connectivity index (χ2n) is 7.82. The lowest BCUT2D eigenvalue weighted by molar-refractivity contribution is 0.214. The average molecular weight is 466 g/mol. The molecule has 1 saturated heterocycles. The van der Waals surface area contributed by atoms with Gasteiger partial charge in [-0.1, -0.05) is 60.1 Å². The molecule has 8 heteroatoms. The molecule has 1 fully saturated rings. The summed E-state index contributed by atoms with van der Waals surface area (Å²) < 4.78 is 8.09. The maximum Gasteiger partial charge on any atom is 0.205 e. The molecule has 0 radical (unpaired) electrons. The van der Waals surface area contributed by atoms with Crippen molar-refractivity contribution >= 4 is 23.4 Å². The zero-order valence-corrected chi connectivity index (χ0v) is 19.2. The van der Waals surface area contributed by atoms with Crippen LogP contribution in [0, 0.1) is 0 Å². The highest BCUT2D eigenvalue weighted by Gasteiger charge is 2.19. The van der Waals surface area contributed by atoms with E-state index in [0.29, 0.717) is 16.7 Å². The van der Waals surface area contributed by atoms with E-state index in [4.69, 9.17) is 16.0 Å². The molecule has 164 valence electrons. The highest BCUT2D eigenvalue weighted by molar-refractivity contribution is 7.98. The van der Waals surface area contributed by atoms with E-state index >= 15 is 0 Å². The Balaban J connectivity index is 1.37. The quantitative estimate of drug-likeness (QED) is 0.319. The monoisotopic (exact) mass is 465 g/mol. The molecule has 2 aromatic carbocycles. The second kappa shape index (κ2) is 9.90. The maximum atomic E-state index is 6.13. The molecule has 0 saturated carbocycles. The maximum absolute atomic E-state index is 6.13. The third kappa shape index (κ3) is 4.90. The number of hydrogen-bond donors (Lipinski definition) is 0. The van der Waals surface area contributed by atoms with Crippen LogP contribution in [0.5, 0.6) is 0 Å². The number of oxazole rings is 1. The van der Waals surface area contributed by atoms with Crippen LogP contribution in [0.4, 0.5) is 0 Å². The van der Waals surface area contributed by atoms with E-state index in [9.17, 15) is 0 Å². The summed E-state index contributed by atoms with van der Waals surface area (Å²) >= 11 is 7.70. The molecule has 0 spiro atoms. The predicted molar refractivity (Wildman–Crippen MR) is 127 cm³/mol. The van der Waals surface area contributed by atoms with E-state index in [2.05, 4.69) is 24.6 Å². The molecule has 0 unspecified atom stereocenters. The lowest BCUT2D eigenvalue weighted by Crippen LogP contribution is -2.30. The van der Waals surface area contributed by atoms with Crippen LogP contribution >= 0.6 is 23.4 Å². The first kappa shape index (κ1) is 21.2. The molecule has 0 aliphatic carbocycles. The van der Waals surface area contributed by atoms with Gasteiger partial charge in [-0.2, -0.15) is 0 Å². The van der Waals surface area contributed by atoms with Crippen molar-refractivity contribution < 1.29 is 4.42 Å². The van der Waals surface area contributed by atoms with Crippen LogP contribution in [0.15, 0.2) is 70.4 Å². The van der Waals surface area contributed by atoms with Crippen molar-refractivity contribution in [3.8, 4) is 17.0 Å². The van der Waals surface area contributed by atoms with Gasteiger partial charge in [0.15, 0.2) is 16.7 Å². The van der Waals surface area contributed by atoms with E-state index in [-0.39, 0.29) is 0 Å². The first-order valence-electron chi connectivity index (χ1n) is 10.8. The third-order valence-electron chi connectivity index (χ3n) is 5.54. The van der Waals surface area contributed by atoms with Crippen LogP contribution < -0.4 is 0 Å². The third-order valence-corrected chi connectivity index (χ3v) is 6.70. The van der Waals surface area contributed by atoms with Gasteiger partial charge in [0.05, 0.1) is 18.5 Å². The summed E-state index contributed by atoms with van der Waals surface area (Å²) in [6, 6.07) is 17.8. The molecule has 2 aromatic heterocycles. The van der Waals surface area contributed by atoms with Gasteiger partial charge in [-0.05, 0) is 50.2 Å². The second-order valence-corrected chi connectivity index (χ2v) is 9.20. The van der Waals surface area contributed by atoms with Gasteiger partial charge >= 0.3 is 0 Å². The van der Waals surface area contributed by atoms with Crippen molar-refractivity contribution in [1.29, 1.82) is 0 Å². The Labute approximate surface area is 196 Å². The average Bonchev–Trinajstić information content (AvgIpc) is 3.47. The van der Waals surface area contributed by atoms with Crippen LogP contribution in [0.2, 0.25) is 5.02 Å². The van der Waals surface area contributed by atoms with E-state index in [1.807, 2.05) is 54.6 Å². The molecule has 3 heterocycles. The van der Waals surface area contributed by atoms with Crippen molar-refractivity contribution in [3.63, 3.8) is 0 Å². The number of aromatic nitrogens is 4. The van der Waals surface area contributed by atoms with Crippen molar-refractivity contribution in [2.24, 2.45) is 0 Å². The Bertz CT molecular complexity index is 1150. The zero-order valence-electron chi connectivity index (χ0n) is 17.7. The number of thioether (sulfide) groups is 1. The standard InChI is InChI=1S/C24H24ClN5OS/c25-19-9-11-20(12-10-19)30-22(16-29-13-5-2-6-14-29)27-28-24(30)32-17-23-26-15-21(31-23)18-7-3-1-4-8-18/h1,3-4,7-12,15H,2,5-6,13-14,16-17H2. The number of halogens is 1. The van der Waals surface area contributed by atoms with E-state index in [1.165, 1.54) is 19.3 Å². The number of benzene rings is 2. The Morgan fingerprint density at radius 2 is 1.72 bits per heavy atom. The van der Waals surface area contributed by atoms with Gasteiger partial charge in [0.1, 0.15) is 0 Å².